The third kappa shape index (κ3) is 4.53. The molecule has 0 atom stereocenters. The first kappa shape index (κ1) is 29.2. The van der Waals surface area contributed by atoms with E-state index in [9.17, 15) is 0 Å². The molecule has 0 radical (unpaired) electrons. The van der Waals surface area contributed by atoms with Crippen molar-refractivity contribution < 1.29 is 4.42 Å². The normalized spacial score (nSPS) is 11.8. The zero-order valence-electron chi connectivity index (χ0n) is 28.0. The van der Waals surface area contributed by atoms with Gasteiger partial charge in [0.15, 0.2) is 0 Å². The molecule has 0 aliphatic heterocycles. The van der Waals surface area contributed by atoms with E-state index in [1.165, 1.54) is 53.4 Å². The highest BCUT2D eigenvalue weighted by atomic mass is 32.1. The monoisotopic (exact) mass is 679 g/mol. The van der Waals surface area contributed by atoms with Crippen LogP contribution >= 0.6 is 11.3 Å². The number of thiophene rings is 1. The minimum absolute atomic E-state index is 0.866. The van der Waals surface area contributed by atoms with Crippen LogP contribution in [0.15, 0.2) is 180 Å². The Morgan fingerprint density at radius 1 is 0.365 bits per heavy atom. The van der Waals surface area contributed by atoms with E-state index in [1.807, 2.05) is 17.4 Å². The Hall–Kier alpha value is -6.55. The van der Waals surface area contributed by atoms with Gasteiger partial charge in [0.1, 0.15) is 11.2 Å². The van der Waals surface area contributed by atoms with E-state index in [2.05, 4.69) is 170 Å². The van der Waals surface area contributed by atoms with Gasteiger partial charge < -0.3 is 4.42 Å². The summed E-state index contributed by atoms with van der Waals surface area (Å²) in [6.45, 7) is 0. The molecule has 0 bridgehead atoms. The van der Waals surface area contributed by atoms with Crippen LogP contribution in [0, 0.1) is 0 Å². The first-order valence-corrected chi connectivity index (χ1v) is 18.4. The summed E-state index contributed by atoms with van der Waals surface area (Å²) in [7, 11) is 0. The number of furan rings is 1. The van der Waals surface area contributed by atoms with Crippen LogP contribution in [0.3, 0.4) is 0 Å². The van der Waals surface area contributed by atoms with E-state index in [0.717, 1.165) is 55.0 Å². The lowest BCUT2D eigenvalue weighted by molar-refractivity contribution is 0.669. The number of hydrogen-bond donors (Lipinski definition) is 0. The molecule has 0 spiro atoms. The van der Waals surface area contributed by atoms with Crippen LogP contribution in [0.4, 0.5) is 0 Å². The van der Waals surface area contributed by atoms with Crippen LogP contribution in [-0.4, -0.2) is 4.98 Å². The fourth-order valence-corrected chi connectivity index (χ4v) is 9.18. The predicted molar refractivity (Wildman–Crippen MR) is 221 cm³/mol. The van der Waals surface area contributed by atoms with Crippen LogP contribution in [0.2, 0.25) is 0 Å². The maximum Gasteiger partial charge on any atom is 0.136 e. The molecular weight excluding hydrogens is 651 g/mol. The molecule has 3 heteroatoms. The summed E-state index contributed by atoms with van der Waals surface area (Å²) in [4.78, 5) is 5.24. The Kier molecular flexibility index (Phi) is 6.46. The highest BCUT2D eigenvalue weighted by molar-refractivity contribution is 7.25. The molecule has 3 heterocycles. The molecule has 0 N–H and O–H groups in total. The van der Waals surface area contributed by atoms with Crippen molar-refractivity contribution in [2.45, 2.75) is 0 Å². The number of aromatic nitrogens is 1. The second-order valence-corrected chi connectivity index (χ2v) is 14.5. The summed E-state index contributed by atoms with van der Waals surface area (Å²) in [6, 6.07) is 63.1. The highest BCUT2D eigenvalue weighted by Crippen LogP contribution is 2.46. The highest BCUT2D eigenvalue weighted by Gasteiger charge is 2.21. The van der Waals surface area contributed by atoms with Crippen molar-refractivity contribution in [3.05, 3.63) is 176 Å². The smallest absolute Gasteiger partial charge is 0.136 e. The molecule has 8 aromatic carbocycles. The molecule has 3 aromatic heterocycles. The number of rotatable bonds is 4. The Morgan fingerprint density at radius 3 is 1.87 bits per heavy atom. The Balaban J connectivity index is 1.10. The molecule has 0 saturated carbocycles. The summed E-state index contributed by atoms with van der Waals surface area (Å²) >= 11 is 1.86. The van der Waals surface area contributed by atoms with Crippen molar-refractivity contribution in [2.24, 2.45) is 0 Å². The molecule has 0 unspecified atom stereocenters. The van der Waals surface area contributed by atoms with Gasteiger partial charge >= 0.3 is 0 Å². The lowest BCUT2D eigenvalue weighted by atomic mass is 9.89. The van der Waals surface area contributed by atoms with Crippen LogP contribution in [-0.2, 0) is 0 Å². The first-order valence-electron chi connectivity index (χ1n) is 17.6. The molecule has 11 aromatic rings. The number of benzene rings is 8. The molecule has 0 saturated heterocycles. The van der Waals surface area contributed by atoms with E-state index in [1.54, 1.807) is 0 Å². The number of pyridine rings is 1. The fraction of sp³-hybridized carbons (Fsp3) is 0. The lowest BCUT2D eigenvalue weighted by Gasteiger charge is -2.16. The minimum atomic E-state index is 0.866. The van der Waals surface area contributed by atoms with Gasteiger partial charge in [0.05, 0.1) is 11.2 Å². The zero-order valence-corrected chi connectivity index (χ0v) is 28.8. The van der Waals surface area contributed by atoms with Gasteiger partial charge in [-0.15, -0.1) is 11.3 Å². The van der Waals surface area contributed by atoms with Gasteiger partial charge in [-0.25, -0.2) is 4.98 Å². The van der Waals surface area contributed by atoms with Crippen molar-refractivity contribution in [1.29, 1.82) is 0 Å². The maximum atomic E-state index is 6.59. The van der Waals surface area contributed by atoms with Gasteiger partial charge in [0.2, 0.25) is 0 Å². The average Bonchev–Trinajstić information content (AvgIpc) is 3.78. The summed E-state index contributed by atoms with van der Waals surface area (Å²) in [5.41, 5.74) is 11.9. The second-order valence-electron chi connectivity index (χ2n) is 13.5. The third-order valence-electron chi connectivity index (χ3n) is 10.5. The van der Waals surface area contributed by atoms with Gasteiger partial charge in [-0.2, -0.15) is 0 Å². The van der Waals surface area contributed by atoms with E-state index < -0.39 is 0 Å². The van der Waals surface area contributed by atoms with Gasteiger partial charge in [-0.3, -0.25) is 0 Å². The Labute approximate surface area is 303 Å². The summed E-state index contributed by atoms with van der Waals surface area (Å²) in [6.07, 6.45) is 0. The molecule has 11 rings (SSSR count). The Morgan fingerprint density at radius 2 is 1.00 bits per heavy atom. The van der Waals surface area contributed by atoms with Crippen LogP contribution in [0.25, 0.3) is 108 Å². The van der Waals surface area contributed by atoms with Crippen molar-refractivity contribution in [1.82, 2.24) is 4.98 Å². The second kappa shape index (κ2) is 11.5. The minimum Gasteiger partial charge on any atom is -0.456 e. The van der Waals surface area contributed by atoms with Crippen molar-refractivity contribution in [3.63, 3.8) is 0 Å². The van der Waals surface area contributed by atoms with E-state index in [-0.39, 0.29) is 0 Å². The molecule has 0 amide bonds. The van der Waals surface area contributed by atoms with Gasteiger partial charge in [-0.1, -0.05) is 140 Å². The number of para-hydroxylation sites is 2. The van der Waals surface area contributed by atoms with Crippen molar-refractivity contribution in [3.8, 4) is 44.6 Å². The molecule has 52 heavy (non-hydrogen) atoms. The average molecular weight is 680 g/mol. The first-order chi connectivity index (χ1) is 25.8. The van der Waals surface area contributed by atoms with E-state index in [4.69, 9.17) is 9.40 Å². The van der Waals surface area contributed by atoms with Crippen LogP contribution in [0.1, 0.15) is 0 Å². The van der Waals surface area contributed by atoms with Crippen LogP contribution in [0.5, 0.6) is 0 Å². The number of nitrogens with zero attached hydrogens (tertiary/aromatic N) is 1. The van der Waals surface area contributed by atoms with Crippen molar-refractivity contribution in [2.75, 3.05) is 0 Å². The Bertz CT molecular complexity index is 3170. The summed E-state index contributed by atoms with van der Waals surface area (Å²) in [5, 5.41) is 8.30. The van der Waals surface area contributed by atoms with Gasteiger partial charge in [0.25, 0.3) is 0 Å². The SMILES string of the molecule is c1ccc(-c2nc3ccccc3c3c(-c4ccc(-c5cccc(-c6ccc7c(c6)sc6ccccc67)c5)cc4)c4c(cc23)oc2ccccc24)cc1. The zero-order chi connectivity index (χ0) is 34.2. The van der Waals surface area contributed by atoms with Gasteiger partial charge in [0, 0.05) is 58.2 Å². The lowest BCUT2D eigenvalue weighted by Crippen LogP contribution is -1.93. The van der Waals surface area contributed by atoms with E-state index >= 15 is 0 Å². The van der Waals surface area contributed by atoms with Gasteiger partial charge in [-0.05, 0) is 64.2 Å². The molecule has 0 aliphatic carbocycles. The fourth-order valence-electron chi connectivity index (χ4n) is 8.03. The predicted octanol–water partition coefficient (Wildman–Crippen LogP) is 14.3. The largest absolute Gasteiger partial charge is 0.456 e. The molecule has 2 nitrogen and oxygen atoms in total. The molecular formula is C49H29NOS. The standard InChI is InChI=1S/C49H29NOS/c1-2-11-32(12-3-1)49-40-29-43-48(39-17-5-8-19-42(39)51-43)46(47(40)38-16-4-7-18-41(38)50-49)31-23-21-30(22-24-31)33-13-10-14-34(27-33)35-25-26-37-36-15-6-9-20-44(36)52-45(37)28-35/h1-29H. The van der Waals surface area contributed by atoms with E-state index in [0.29, 0.717) is 0 Å². The molecule has 242 valence electrons. The van der Waals surface area contributed by atoms with Crippen LogP contribution < -0.4 is 0 Å². The maximum absolute atomic E-state index is 6.59. The topological polar surface area (TPSA) is 26.0 Å². The third-order valence-corrected chi connectivity index (χ3v) is 11.6. The number of fused-ring (bicyclic) bond motifs is 9. The summed E-state index contributed by atoms with van der Waals surface area (Å²) < 4.78 is 9.24. The number of hydrogen-bond acceptors (Lipinski definition) is 3. The summed E-state index contributed by atoms with van der Waals surface area (Å²) in [5.74, 6) is 0. The quantitative estimate of drug-likeness (QED) is 0.173. The molecule has 0 aliphatic rings. The molecule has 0 fully saturated rings. The van der Waals surface area contributed by atoms with Crippen molar-refractivity contribution >= 4 is 75.1 Å².